The molecule has 0 bridgehead atoms. The first-order chi connectivity index (χ1) is 15.0. The van der Waals surface area contributed by atoms with Crippen molar-refractivity contribution >= 4 is 17.9 Å². The summed E-state index contributed by atoms with van der Waals surface area (Å²) in [6.07, 6.45) is 2.99. The van der Waals surface area contributed by atoms with Crippen molar-refractivity contribution in [2.24, 2.45) is 0 Å². The highest BCUT2D eigenvalue weighted by Crippen LogP contribution is 2.19. The summed E-state index contributed by atoms with van der Waals surface area (Å²) in [5.41, 5.74) is 8.53. The third kappa shape index (κ3) is 5.58. The first-order valence-electron chi connectivity index (χ1n) is 9.49. The third-order valence-electron chi connectivity index (χ3n) is 4.43. The number of aryl methyl sites for hydroxylation is 1. The summed E-state index contributed by atoms with van der Waals surface area (Å²) < 4.78 is 7.12. The second-order valence-corrected chi connectivity index (χ2v) is 6.63. The van der Waals surface area contributed by atoms with Crippen LogP contribution in [0.5, 0.6) is 5.75 Å². The Morgan fingerprint density at radius 3 is 2.48 bits per heavy atom. The minimum atomic E-state index is -0.518. The predicted molar refractivity (Wildman–Crippen MR) is 115 cm³/mol. The summed E-state index contributed by atoms with van der Waals surface area (Å²) in [6, 6.07) is 18.1. The van der Waals surface area contributed by atoms with Crippen LogP contribution in [0.1, 0.15) is 22.5 Å². The molecule has 0 aliphatic carbocycles. The molecule has 0 unspecified atom stereocenters. The molecule has 2 N–H and O–H groups in total. The van der Waals surface area contributed by atoms with Crippen LogP contribution in [0.2, 0.25) is 0 Å². The van der Waals surface area contributed by atoms with Gasteiger partial charge in [-0.25, -0.2) is 4.68 Å². The van der Waals surface area contributed by atoms with E-state index in [0.29, 0.717) is 11.3 Å². The first-order valence-corrected chi connectivity index (χ1v) is 9.49. The number of ether oxygens (including phenoxy) is 1. The summed E-state index contributed by atoms with van der Waals surface area (Å²) in [7, 11) is 0. The minimum absolute atomic E-state index is 0.280. The molecule has 3 aromatic rings. The Labute approximate surface area is 179 Å². The molecule has 3 rings (SSSR count). The molecule has 0 aliphatic rings. The van der Waals surface area contributed by atoms with E-state index in [1.54, 1.807) is 30.3 Å². The summed E-state index contributed by atoms with van der Waals surface area (Å²) in [6.45, 7) is 3.51. The molecule has 0 aliphatic heterocycles. The Morgan fingerprint density at radius 2 is 1.81 bits per heavy atom. The van der Waals surface area contributed by atoms with Crippen molar-refractivity contribution in [2.75, 3.05) is 6.61 Å². The Morgan fingerprint density at radius 1 is 1.10 bits per heavy atom. The molecule has 0 fully saturated rings. The SMILES string of the molecule is Cc1nn(-c2ccccc2)c(C)c1/C=C/C(=O)NNC(=O)COc1ccc(C#N)cc1. The first kappa shape index (κ1) is 21.3. The molecule has 0 radical (unpaired) electrons. The fourth-order valence-electron chi connectivity index (χ4n) is 2.86. The Balaban J connectivity index is 1.52. The van der Waals surface area contributed by atoms with Crippen molar-refractivity contribution in [3.8, 4) is 17.5 Å². The molecule has 0 atom stereocenters. The van der Waals surface area contributed by atoms with Gasteiger partial charge < -0.3 is 4.74 Å². The number of nitriles is 1. The number of carbonyl (C=O) groups is 2. The number of nitrogens with one attached hydrogen (secondary N) is 2. The maximum atomic E-state index is 12.1. The number of benzene rings is 2. The summed E-state index contributed by atoms with van der Waals surface area (Å²) >= 11 is 0. The zero-order valence-corrected chi connectivity index (χ0v) is 17.1. The fourth-order valence-corrected chi connectivity index (χ4v) is 2.86. The monoisotopic (exact) mass is 415 g/mol. The van der Waals surface area contributed by atoms with Gasteiger partial charge in [-0.2, -0.15) is 10.4 Å². The Hall–Kier alpha value is -4.38. The number of hydrazine groups is 1. The standard InChI is InChI=1S/C23H21N5O3/c1-16-21(17(2)28(27-16)19-6-4-3-5-7-19)12-13-22(29)25-26-23(30)15-31-20-10-8-18(14-24)9-11-20/h3-13H,15H2,1-2H3,(H,25,29)(H,26,30)/b13-12+. The molecular formula is C23H21N5O3. The average molecular weight is 415 g/mol. The number of carbonyl (C=O) groups excluding carboxylic acids is 2. The smallest absolute Gasteiger partial charge is 0.276 e. The van der Waals surface area contributed by atoms with Gasteiger partial charge in [0.05, 0.1) is 23.0 Å². The summed E-state index contributed by atoms with van der Waals surface area (Å²) in [4.78, 5) is 23.9. The van der Waals surface area contributed by atoms with Gasteiger partial charge in [0, 0.05) is 17.3 Å². The lowest BCUT2D eigenvalue weighted by molar-refractivity contribution is -0.128. The molecule has 0 saturated carbocycles. The molecule has 0 spiro atoms. The second kappa shape index (κ2) is 9.89. The van der Waals surface area contributed by atoms with E-state index in [2.05, 4.69) is 16.0 Å². The molecule has 8 nitrogen and oxygen atoms in total. The summed E-state index contributed by atoms with van der Waals surface area (Å²) in [5.74, 6) is -0.560. The zero-order chi connectivity index (χ0) is 22.2. The van der Waals surface area contributed by atoms with Crippen LogP contribution in [0.3, 0.4) is 0 Å². The number of para-hydroxylation sites is 1. The van der Waals surface area contributed by atoms with Gasteiger partial charge in [-0.05, 0) is 56.3 Å². The van der Waals surface area contributed by atoms with Crippen LogP contribution in [0.15, 0.2) is 60.7 Å². The van der Waals surface area contributed by atoms with Crippen LogP contribution >= 0.6 is 0 Å². The maximum Gasteiger partial charge on any atom is 0.276 e. The zero-order valence-electron chi connectivity index (χ0n) is 17.1. The van der Waals surface area contributed by atoms with E-state index in [4.69, 9.17) is 10.00 Å². The van der Waals surface area contributed by atoms with Crippen molar-refractivity contribution in [2.45, 2.75) is 13.8 Å². The average Bonchev–Trinajstić information content (AvgIpc) is 3.09. The van der Waals surface area contributed by atoms with Crippen LogP contribution in [0.4, 0.5) is 0 Å². The van der Waals surface area contributed by atoms with Gasteiger partial charge in [-0.1, -0.05) is 18.2 Å². The molecule has 2 amide bonds. The quantitative estimate of drug-likeness (QED) is 0.475. The van der Waals surface area contributed by atoms with E-state index < -0.39 is 11.8 Å². The highest BCUT2D eigenvalue weighted by atomic mass is 16.5. The largest absolute Gasteiger partial charge is 0.484 e. The lowest BCUT2D eigenvalue weighted by Gasteiger charge is -2.07. The maximum absolute atomic E-state index is 12.1. The predicted octanol–water partition coefficient (Wildman–Crippen LogP) is 2.60. The van der Waals surface area contributed by atoms with Crippen LogP contribution in [0, 0.1) is 25.2 Å². The normalized spacial score (nSPS) is 10.5. The molecule has 156 valence electrons. The fraction of sp³-hybridized carbons (Fsp3) is 0.130. The third-order valence-corrected chi connectivity index (χ3v) is 4.43. The number of hydrogen-bond donors (Lipinski definition) is 2. The lowest BCUT2D eigenvalue weighted by atomic mass is 10.2. The van der Waals surface area contributed by atoms with Crippen molar-refractivity contribution < 1.29 is 14.3 Å². The van der Waals surface area contributed by atoms with Crippen LogP contribution in [-0.2, 0) is 9.59 Å². The second-order valence-electron chi connectivity index (χ2n) is 6.63. The molecule has 1 aromatic heterocycles. The van der Waals surface area contributed by atoms with E-state index in [0.717, 1.165) is 22.6 Å². The van der Waals surface area contributed by atoms with Gasteiger partial charge in [0.1, 0.15) is 5.75 Å². The van der Waals surface area contributed by atoms with Gasteiger partial charge in [0.15, 0.2) is 6.61 Å². The molecular weight excluding hydrogens is 394 g/mol. The van der Waals surface area contributed by atoms with E-state index in [1.807, 2.05) is 54.9 Å². The van der Waals surface area contributed by atoms with Gasteiger partial charge >= 0.3 is 0 Å². The van der Waals surface area contributed by atoms with Gasteiger partial charge in [-0.3, -0.25) is 20.4 Å². The highest BCUT2D eigenvalue weighted by Gasteiger charge is 2.11. The van der Waals surface area contributed by atoms with Gasteiger partial charge in [0.25, 0.3) is 11.8 Å². The van der Waals surface area contributed by atoms with E-state index in [9.17, 15) is 9.59 Å². The molecule has 8 heteroatoms. The topological polar surface area (TPSA) is 109 Å². The number of hydrogen-bond acceptors (Lipinski definition) is 5. The van der Waals surface area contributed by atoms with Crippen molar-refractivity contribution in [1.29, 1.82) is 5.26 Å². The Kier molecular flexibility index (Phi) is 6.81. The van der Waals surface area contributed by atoms with Crippen molar-refractivity contribution in [1.82, 2.24) is 20.6 Å². The molecule has 2 aromatic carbocycles. The van der Waals surface area contributed by atoms with Gasteiger partial charge in [-0.15, -0.1) is 0 Å². The highest BCUT2D eigenvalue weighted by molar-refractivity contribution is 5.93. The minimum Gasteiger partial charge on any atom is -0.484 e. The van der Waals surface area contributed by atoms with Crippen LogP contribution in [-0.4, -0.2) is 28.2 Å². The molecule has 0 saturated heterocycles. The lowest BCUT2D eigenvalue weighted by Crippen LogP contribution is -2.43. The summed E-state index contributed by atoms with van der Waals surface area (Å²) in [5, 5.41) is 13.3. The number of nitrogens with zero attached hydrogens (tertiary/aromatic N) is 3. The number of rotatable bonds is 6. The van der Waals surface area contributed by atoms with E-state index in [1.165, 1.54) is 6.08 Å². The van der Waals surface area contributed by atoms with E-state index in [-0.39, 0.29) is 6.61 Å². The Bertz CT molecular complexity index is 1140. The van der Waals surface area contributed by atoms with Gasteiger partial charge in [0.2, 0.25) is 0 Å². The number of aromatic nitrogens is 2. The van der Waals surface area contributed by atoms with Crippen LogP contribution in [0.25, 0.3) is 11.8 Å². The molecule has 31 heavy (non-hydrogen) atoms. The van der Waals surface area contributed by atoms with E-state index >= 15 is 0 Å². The van der Waals surface area contributed by atoms with Crippen molar-refractivity contribution in [3.63, 3.8) is 0 Å². The van der Waals surface area contributed by atoms with Crippen molar-refractivity contribution in [3.05, 3.63) is 83.2 Å². The van der Waals surface area contributed by atoms with Crippen LogP contribution < -0.4 is 15.6 Å². The number of amides is 2. The molecule has 1 heterocycles.